The minimum Gasteiger partial charge on any atom is -0.480 e. The Morgan fingerprint density at radius 3 is 2.77 bits per heavy atom. The molecule has 1 aliphatic rings. The van der Waals surface area contributed by atoms with Crippen LogP contribution in [-0.2, 0) is 4.79 Å². The Labute approximate surface area is 79.7 Å². The van der Waals surface area contributed by atoms with E-state index in [9.17, 15) is 4.79 Å². The summed E-state index contributed by atoms with van der Waals surface area (Å²) in [5, 5.41) is 9.15. The second kappa shape index (κ2) is 3.66. The molecule has 1 aliphatic heterocycles. The van der Waals surface area contributed by atoms with Gasteiger partial charge >= 0.3 is 5.97 Å². The predicted molar refractivity (Wildman–Crippen MR) is 51.7 cm³/mol. The van der Waals surface area contributed by atoms with E-state index >= 15 is 0 Å². The van der Waals surface area contributed by atoms with Crippen LogP contribution < -0.4 is 0 Å². The van der Waals surface area contributed by atoms with Crippen LogP contribution >= 0.6 is 0 Å². The minimum absolute atomic E-state index is 0.378. The number of carboxylic acids is 1. The van der Waals surface area contributed by atoms with E-state index < -0.39 is 11.5 Å². The first-order valence-electron chi connectivity index (χ1n) is 5.02. The Morgan fingerprint density at radius 2 is 2.31 bits per heavy atom. The number of hydrogen-bond acceptors (Lipinski definition) is 2. The Balaban J connectivity index is 2.79. The quantitative estimate of drug-likeness (QED) is 0.728. The Hall–Kier alpha value is -0.570. The van der Waals surface area contributed by atoms with Crippen LogP contribution in [0.5, 0.6) is 0 Å². The molecule has 2 atom stereocenters. The van der Waals surface area contributed by atoms with Crippen molar-refractivity contribution in [3.05, 3.63) is 0 Å². The van der Waals surface area contributed by atoms with Crippen LogP contribution in [0.3, 0.4) is 0 Å². The Morgan fingerprint density at radius 1 is 1.69 bits per heavy atom. The maximum atomic E-state index is 11.1. The first-order chi connectivity index (χ1) is 6.02. The highest BCUT2D eigenvalue weighted by atomic mass is 16.4. The summed E-state index contributed by atoms with van der Waals surface area (Å²) in [5.41, 5.74) is -0.616. The summed E-state index contributed by atoms with van der Waals surface area (Å²) in [4.78, 5) is 13.2. The molecule has 1 rings (SSSR count). The monoisotopic (exact) mass is 185 g/mol. The fourth-order valence-electron chi connectivity index (χ4n) is 2.14. The molecule has 1 heterocycles. The van der Waals surface area contributed by atoms with Gasteiger partial charge in [-0.1, -0.05) is 6.92 Å². The molecule has 0 aromatic heterocycles. The lowest BCUT2D eigenvalue weighted by atomic mass is 9.97. The molecule has 0 saturated carbocycles. The number of rotatable bonds is 3. The van der Waals surface area contributed by atoms with Crippen molar-refractivity contribution in [1.82, 2.24) is 4.90 Å². The summed E-state index contributed by atoms with van der Waals surface area (Å²) in [6.45, 7) is 6.98. The SMILES string of the molecule is CCC(C)N1CCCC1(C)C(=O)O. The second-order valence-corrected chi connectivity index (χ2v) is 4.13. The molecule has 0 bridgehead atoms. The molecule has 76 valence electrons. The molecule has 2 unspecified atom stereocenters. The first kappa shape index (κ1) is 10.5. The highest BCUT2D eigenvalue weighted by Crippen LogP contribution is 2.31. The number of carboxylic acid groups (broad SMARTS) is 1. The predicted octanol–water partition coefficient (Wildman–Crippen LogP) is 1.72. The molecule has 1 saturated heterocycles. The molecule has 0 radical (unpaired) electrons. The van der Waals surface area contributed by atoms with Gasteiger partial charge in [-0.15, -0.1) is 0 Å². The smallest absolute Gasteiger partial charge is 0.323 e. The van der Waals surface area contributed by atoms with Gasteiger partial charge < -0.3 is 5.11 Å². The average Bonchev–Trinajstić information content (AvgIpc) is 2.47. The van der Waals surface area contributed by atoms with E-state index in [0.29, 0.717) is 6.04 Å². The molecule has 0 amide bonds. The highest BCUT2D eigenvalue weighted by Gasteiger charge is 2.44. The highest BCUT2D eigenvalue weighted by molar-refractivity contribution is 5.78. The maximum absolute atomic E-state index is 11.1. The van der Waals surface area contributed by atoms with E-state index in [1.54, 1.807) is 0 Å². The van der Waals surface area contributed by atoms with Crippen molar-refractivity contribution in [2.45, 2.75) is 51.6 Å². The zero-order valence-corrected chi connectivity index (χ0v) is 8.71. The largest absolute Gasteiger partial charge is 0.480 e. The van der Waals surface area contributed by atoms with E-state index in [1.165, 1.54) is 0 Å². The summed E-state index contributed by atoms with van der Waals surface area (Å²) in [6.07, 6.45) is 2.81. The average molecular weight is 185 g/mol. The zero-order chi connectivity index (χ0) is 10.1. The van der Waals surface area contributed by atoms with Gasteiger partial charge in [0.1, 0.15) is 5.54 Å². The normalized spacial score (nSPS) is 31.9. The lowest BCUT2D eigenvalue weighted by Crippen LogP contribution is -2.51. The number of hydrogen-bond donors (Lipinski definition) is 1. The van der Waals surface area contributed by atoms with Crippen molar-refractivity contribution in [3.8, 4) is 0 Å². The van der Waals surface area contributed by atoms with E-state index in [1.807, 2.05) is 6.92 Å². The van der Waals surface area contributed by atoms with Gasteiger partial charge in [0.05, 0.1) is 0 Å². The molecule has 3 nitrogen and oxygen atoms in total. The fourth-order valence-corrected chi connectivity index (χ4v) is 2.14. The summed E-state index contributed by atoms with van der Waals surface area (Å²) in [7, 11) is 0. The van der Waals surface area contributed by atoms with Crippen LogP contribution in [0.15, 0.2) is 0 Å². The van der Waals surface area contributed by atoms with Gasteiger partial charge in [0.25, 0.3) is 0 Å². The van der Waals surface area contributed by atoms with Crippen molar-refractivity contribution in [1.29, 1.82) is 0 Å². The molecule has 13 heavy (non-hydrogen) atoms. The van der Waals surface area contributed by atoms with Crippen LogP contribution in [0, 0.1) is 0 Å². The van der Waals surface area contributed by atoms with Crippen LogP contribution in [0.1, 0.15) is 40.0 Å². The lowest BCUT2D eigenvalue weighted by Gasteiger charge is -2.35. The van der Waals surface area contributed by atoms with Gasteiger partial charge in [0.15, 0.2) is 0 Å². The molecule has 0 spiro atoms. The number of likely N-dealkylation sites (tertiary alicyclic amines) is 1. The van der Waals surface area contributed by atoms with Gasteiger partial charge in [0.2, 0.25) is 0 Å². The van der Waals surface area contributed by atoms with Crippen LogP contribution in [0.2, 0.25) is 0 Å². The molecular weight excluding hydrogens is 166 g/mol. The molecule has 1 fully saturated rings. The van der Waals surface area contributed by atoms with Crippen molar-refractivity contribution in [2.75, 3.05) is 6.54 Å². The van der Waals surface area contributed by atoms with Crippen molar-refractivity contribution >= 4 is 5.97 Å². The van der Waals surface area contributed by atoms with Crippen molar-refractivity contribution < 1.29 is 9.90 Å². The first-order valence-corrected chi connectivity index (χ1v) is 5.02. The molecule has 0 aromatic carbocycles. The molecular formula is C10H19NO2. The van der Waals surface area contributed by atoms with Crippen LogP contribution in [-0.4, -0.2) is 34.1 Å². The molecule has 3 heteroatoms. The van der Waals surface area contributed by atoms with Gasteiger partial charge in [-0.3, -0.25) is 9.69 Å². The van der Waals surface area contributed by atoms with Crippen LogP contribution in [0.25, 0.3) is 0 Å². The van der Waals surface area contributed by atoms with E-state index in [-0.39, 0.29) is 0 Å². The molecule has 0 aliphatic carbocycles. The summed E-state index contributed by atoms with van der Waals surface area (Å²) in [5.74, 6) is -0.676. The number of aliphatic carboxylic acids is 1. The summed E-state index contributed by atoms with van der Waals surface area (Å²) in [6, 6.07) is 0.378. The zero-order valence-electron chi connectivity index (χ0n) is 8.71. The Bertz CT molecular complexity index is 205. The maximum Gasteiger partial charge on any atom is 0.323 e. The lowest BCUT2D eigenvalue weighted by molar-refractivity contribution is -0.149. The van der Waals surface area contributed by atoms with Gasteiger partial charge in [-0.05, 0) is 39.7 Å². The topological polar surface area (TPSA) is 40.5 Å². The number of carbonyl (C=O) groups is 1. The van der Waals surface area contributed by atoms with E-state index in [2.05, 4.69) is 18.7 Å². The molecule has 1 N–H and O–H groups in total. The fraction of sp³-hybridized carbons (Fsp3) is 0.900. The van der Waals surface area contributed by atoms with E-state index in [4.69, 9.17) is 5.11 Å². The standard InChI is InChI=1S/C10H19NO2/c1-4-8(2)11-7-5-6-10(11,3)9(12)13/h8H,4-7H2,1-3H3,(H,12,13). The molecule has 0 aromatic rings. The van der Waals surface area contributed by atoms with Gasteiger partial charge in [-0.2, -0.15) is 0 Å². The third kappa shape index (κ3) is 1.70. The summed E-state index contributed by atoms with van der Waals surface area (Å²) < 4.78 is 0. The minimum atomic E-state index is -0.676. The Kier molecular flexibility index (Phi) is 2.96. The third-order valence-electron chi connectivity index (χ3n) is 3.28. The van der Waals surface area contributed by atoms with Gasteiger partial charge in [0, 0.05) is 6.04 Å². The second-order valence-electron chi connectivity index (χ2n) is 4.13. The van der Waals surface area contributed by atoms with E-state index in [0.717, 1.165) is 25.8 Å². The summed E-state index contributed by atoms with van der Waals surface area (Å²) >= 11 is 0. The van der Waals surface area contributed by atoms with Crippen molar-refractivity contribution in [2.24, 2.45) is 0 Å². The third-order valence-corrected chi connectivity index (χ3v) is 3.28. The van der Waals surface area contributed by atoms with Gasteiger partial charge in [-0.25, -0.2) is 0 Å². The van der Waals surface area contributed by atoms with Crippen molar-refractivity contribution in [3.63, 3.8) is 0 Å². The number of nitrogens with zero attached hydrogens (tertiary/aromatic N) is 1. The van der Waals surface area contributed by atoms with Crippen LogP contribution in [0.4, 0.5) is 0 Å².